The van der Waals surface area contributed by atoms with Gasteiger partial charge >= 0.3 is 0 Å². The van der Waals surface area contributed by atoms with Crippen LogP contribution >= 0.6 is 0 Å². The predicted octanol–water partition coefficient (Wildman–Crippen LogP) is 0.656. The van der Waals surface area contributed by atoms with Crippen LogP contribution in [0, 0.1) is 0 Å². The summed E-state index contributed by atoms with van der Waals surface area (Å²) in [5, 5.41) is 2.51. The van der Waals surface area contributed by atoms with Crippen molar-refractivity contribution in [3.8, 4) is 0 Å². The van der Waals surface area contributed by atoms with Crippen molar-refractivity contribution in [2.24, 2.45) is 0 Å². The van der Waals surface area contributed by atoms with Crippen molar-refractivity contribution >= 4 is 12.2 Å². The van der Waals surface area contributed by atoms with Crippen LogP contribution in [0.3, 0.4) is 0 Å². The van der Waals surface area contributed by atoms with Gasteiger partial charge in [0, 0.05) is 5.57 Å². The summed E-state index contributed by atoms with van der Waals surface area (Å²) in [7, 11) is 0. The van der Waals surface area contributed by atoms with E-state index in [1.165, 1.54) is 0 Å². The molecule has 0 aliphatic rings. The fraction of sp³-hybridized carbons (Fsp3) is 0.500. The molecular weight excluding hydrogens is 142 g/mol. The fourth-order valence-corrected chi connectivity index (χ4v) is 0.524. The van der Waals surface area contributed by atoms with Crippen LogP contribution in [-0.2, 0) is 9.59 Å². The third-order valence-corrected chi connectivity index (χ3v) is 1.31. The van der Waals surface area contributed by atoms with Gasteiger partial charge in [-0.15, -0.1) is 0 Å². The molecule has 1 N–H and O–H groups in total. The molecule has 0 rings (SSSR count). The molecule has 3 heteroatoms. The summed E-state index contributed by atoms with van der Waals surface area (Å²) in [5.41, 5.74) is 0.422. The number of amides is 1. The topological polar surface area (TPSA) is 46.2 Å². The number of carbonyl (C=O) groups excluding carboxylic acids is 2. The number of hydrogen-bond donors (Lipinski definition) is 1. The van der Waals surface area contributed by atoms with Gasteiger partial charge < -0.3 is 10.1 Å². The highest BCUT2D eigenvalue weighted by atomic mass is 16.2. The third kappa shape index (κ3) is 3.55. The molecule has 1 amide bonds. The van der Waals surface area contributed by atoms with Gasteiger partial charge in [0.1, 0.15) is 6.29 Å². The Labute approximate surface area is 66.5 Å². The number of aldehydes is 1. The van der Waals surface area contributed by atoms with Crippen molar-refractivity contribution in [2.75, 3.05) is 0 Å². The smallest absolute Gasteiger partial charge is 0.246 e. The fourth-order valence-electron chi connectivity index (χ4n) is 0.524. The summed E-state index contributed by atoms with van der Waals surface area (Å²) < 4.78 is 0. The molecule has 0 aliphatic heterocycles. The van der Waals surface area contributed by atoms with Crippen molar-refractivity contribution in [3.05, 3.63) is 12.2 Å². The molecule has 11 heavy (non-hydrogen) atoms. The largest absolute Gasteiger partial charge is 0.343 e. The van der Waals surface area contributed by atoms with Gasteiger partial charge in [-0.3, -0.25) is 4.79 Å². The first-order chi connectivity index (χ1) is 5.11. The molecule has 0 heterocycles. The van der Waals surface area contributed by atoms with Crippen LogP contribution in [-0.4, -0.2) is 18.2 Å². The summed E-state index contributed by atoms with van der Waals surface area (Å²) in [6.07, 6.45) is 1.34. The summed E-state index contributed by atoms with van der Waals surface area (Å²) in [6, 6.07) is -0.376. The molecular formula is C8H13NO2. The maximum absolute atomic E-state index is 10.9. The maximum atomic E-state index is 10.9. The second-order valence-corrected chi connectivity index (χ2v) is 2.40. The monoisotopic (exact) mass is 155 g/mol. The Morgan fingerprint density at radius 1 is 1.73 bits per heavy atom. The van der Waals surface area contributed by atoms with Gasteiger partial charge in [-0.05, 0) is 13.3 Å². The van der Waals surface area contributed by atoms with Crippen LogP contribution in [0.25, 0.3) is 0 Å². The number of hydrogen-bond acceptors (Lipinski definition) is 2. The highest BCUT2D eigenvalue weighted by molar-refractivity contribution is 5.93. The maximum Gasteiger partial charge on any atom is 0.246 e. The van der Waals surface area contributed by atoms with Gasteiger partial charge in [-0.2, -0.15) is 0 Å². The van der Waals surface area contributed by atoms with Crippen molar-refractivity contribution in [1.29, 1.82) is 0 Å². The van der Waals surface area contributed by atoms with Crippen molar-refractivity contribution < 1.29 is 9.59 Å². The van der Waals surface area contributed by atoms with Crippen LogP contribution in [0.4, 0.5) is 0 Å². The minimum atomic E-state index is -0.376. The van der Waals surface area contributed by atoms with Crippen LogP contribution < -0.4 is 5.32 Å². The Kier molecular flexibility index (Phi) is 4.18. The van der Waals surface area contributed by atoms with Crippen LogP contribution in [0.5, 0.6) is 0 Å². The molecule has 0 saturated carbocycles. The molecule has 0 aliphatic carbocycles. The highest BCUT2D eigenvalue weighted by Crippen LogP contribution is 1.90. The second kappa shape index (κ2) is 4.66. The lowest BCUT2D eigenvalue weighted by Crippen LogP contribution is -2.35. The average Bonchev–Trinajstić information content (AvgIpc) is 1.99. The molecule has 0 spiro atoms. The van der Waals surface area contributed by atoms with E-state index >= 15 is 0 Å². The SMILES string of the molecule is C=C(C)C(=O)NC(C=O)CC. The van der Waals surface area contributed by atoms with Crippen molar-refractivity contribution in [1.82, 2.24) is 5.32 Å². The number of rotatable bonds is 4. The lowest BCUT2D eigenvalue weighted by Gasteiger charge is -2.08. The van der Waals surface area contributed by atoms with E-state index in [1.807, 2.05) is 6.92 Å². The van der Waals surface area contributed by atoms with E-state index < -0.39 is 0 Å². The van der Waals surface area contributed by atoms with E-state index in [1.54, 1.807) is 6.92 Å². The normalized spacial score (nSPS) is 11.8. The summed E-state index contributed by atoms with van der Waals surface area (Å²) in [5.74, 6) is -0.260. The van der Waals surface area contributed by atoms with E-state index in [0.29, 0.717) is 12.0 Å². The zero-order valence-electron chi connectivity index (χ0n) is 6.89. The molecule has 0 aromatic carbocycles. The Morgan fingerprint density at radius 2 is 2.27 bits per heavy atom. The predicted molar refractivity (Wildman–Crippen MR) is 43.1 cm³/mol. The van der Waals surface area contributed by atoms with E-state index in [-0.39, 0.29) is 11.9 Å². The minimum Gasteiger partial charge on any atom is -0.343 e. The molecule has 0 bridgehead atoms. The van der Waals surface area contributed by atoms with Crippen LogP contribution in [0.1, 0.15) is 20.3 Å². The zero-order chi connectivity index (χ0) is 8.85. The lowest BCUT2D eigenvalue weighted by atomic mass is 10.2. The van der Waals surface area contributed by atoms with Gasteiger partial charge in [0.15, 0.2) is 0 Å². The van der Waals surface area contributed by atoms with Gasteiger partial charge in [-0.25, -0.2) is 0 Å². The van der Waals surface area contributed by atoms with Crippen molar-refractivity contribution in [3.63, 3.8) is 0 Å². The van der Waals surface area contributed by atoms with E-state index in [9.17, 15) is 9.59 Å². The first kappa shape index (κ1) is 9.88. The second-order valence-electron chi connectivity index (χ2n) is 2.40. The quantitative estimate of drug-likeness (QED) is 0.478. The number of nitrogens with one attached hydrogen (secondary N) is 1. The third-order valence-electron chi connectivity index (χ3n) is 1.31. The lowest BCUT2D eigenvalue weighted by molar-refractivity contribution is -0.120. The summed E-state index contributed by atoms with van der Waals surface area (Å²) in [6.45, 7) is 6.88. The van der Waals surface area contributed by atoms with Gasteiger partial charge in [-0.1, -0.05) is 13.5 Å². The molecule has 62 valence electrons. The Balaban J connectivity index is 3.91. The van der Waals surface area contributed by atoms with Crippen LogP contribution in [0.15, 0.2) is 12.2 Å². The van der Waals surface area contributed by atoms with Crippen molar-refractivity contribution in [2.45, 2.75) is 26.3 Å². The van der Waals surface area contributed by atoms with Crippen LogP contribution in [0.2, 0.25) is 0 Å². The van der Waals surface area contributed by atoms with Gasteiger partial charge in [0.05, 0.1) is 6.04 Å². The number of carbonyl (C=O) groups is 2. The molecule has 0 radical (unpaired) electrons. The minimum absolute atomic E-state index is 0.260. The van der Waals surface area contributed by atoms with Gasteiger partial charge in [0.2, 0.25) is 5.91 Å². The Hall–Kier alpha value is -1.12. The van der Waals surface area contributed by atoms with E-state index in [4.69, 9.17) is 0 Å². The molecule has 3 nitrogen and oxygen atoms in total. The molecule has 0 fully saturated rings. The molecule has 1 unspecified atom stereocenters. The summed E-state index contributed by atoms with van der Waals surface area (Å²) >= 11 is 0. The van der Waals surface area contributed by atoms with Gasteiger partial charge in [0.25, 0.3) is 0 Å². The molecule has 0 saturated heterocycles. The highest BCUT2D eigenvalue weighted by Gasteiger charge is 2.08. The first-order valence-corrected chi connectivity index (χ1v) is 3.53. The van der Waals surface area contributed by atoms with E-state index in [2.05, 4.69) is 11.9 Å². The van der Waals surface area contributed by atoms with E-state index in [0.717, 1.165) is 6.29 Å². The zero-order valence-corrected chi connectivity index (χ0v) is 6.89. The summed E-state index contributed by atoms with van der Waals surface area (Å²) in [4.78, 5) is 21.2. The molecule has 0 aromatic rings. The first-order valence-electron chi connectivity index (χ1n) is 3.53. The Bertz CT molecular complexity index is 175. The molecule has 0 aromatic heterocycles. The standard InChI is InChI=1S/C8H13NO2/c1-4-7(5-10)9-8(11)6(2)3/h5,7H,2,4H2,1,3H3,(H,9,11). The Morgan fingerprint density at radius 3 is 2.55 bits per heavy atom. The molecule has 1 atom stereocenters. The average molecular weight is 155 g/mol.